The lowest BCUT2D eigenvalue weighted by Gasteiger charge is -2.11. The summed E-state index contributed by atoms with van der Waals surface area (Å²) in [6.45, 7) is 0. The second kappa shape index (κ2) is 7.74. The van der Waals surface area contributed by atoms with E-state index in [9.17, 15) is 9.59 Å². The molecule has 0 spiro atoms. The number of ether oxygens (including phenoxy) is 3. The molecule has 0 aliphatic carbocycles. The van der Waals surface area contributed by atoms with E-state index in [2.05, 4.69) is 5.10 Å². The highest BCUT2D eigenvalue weighted by molar-refractivity contribution is 6.54. The fourth-order valence-electron chi connectivity index (χ4n) is 2.65. The third-order valence-corrected chi connectivity index (χ3v) is 3.98. The summed E-state index contributed by atoms with van der Waals surface area (Å²) in [4.78, 5) is 25.0. The van der Waals surface area contributed by atoms with Crippen LogP contribution in [0.25, 0.3) is 6.08 Å². The number of anilines is 1. The number of carbonyl (C=O) groups excluding carboxylic acids is 2. The van der Waals surface area contributed by atoms with Crippen LogP contribution < -0.4 is 14.5 Å². The van der Waals surface area contributed by atoms with Crippen molar-refractivity contribution >= 4 is 29.4 Å². The van der Waals surface area contributed by atoms with Crippen LogP contribution in [0.4, 0.5) is 5.69 Å². The molecule has 0 radical (unpaired) electrons. The molecule has 138 valence electrons. The number of carbonyl (C=O) groups is 2. The predicted molar refractivity (Wildman–Crippen MR) is 101 cm³/mol. The lowest BCUT2D eigenvalue weighted by atomic mass is 10.1. The van der Waals surface area contributed by atoms with E-state index in [4.69, 9.17) is 14.2 Å². The summed E-state index contributed by atoms with van der Waals surface area (Å²) in [7, 11) is 4.30. The Hall–Kier alpha value is -3.61. The molecule has 1 amide bonds. The monoisotopic (exact) mass is 366 g/mol. The molecule has 7 nitrogen and oxygen atoms in total. The van der Waals surface area contributed by atoms with Gasteiger partial charge in [0.05, 0.1) is 32.6 Å². The Labute approximate surface area is 156 Å². The Balaban J connectivity index is 2.05. The van der Waals surface area contributed by atoms with Crippen LogP contribution in [0.5, 0.6) is 11.5 Å². The van der Waals surface area contributed by atoms with Crippen LogP contribution >= 0.6 is 0 Å². The summed E-state index contributed by atoms with van der Waals surface area (Å²) in [6.07, 6.45) is 1.57. The first-order valence-electron chi connectivity index (χ1n) is 8.09. The summed E-state index contributed by atoms with van der Waals surface area (Å²) < 4.78 is 15.3. The van der Waals surface area contributed by atoms with Gasteiger partial charge in [0.25, 0.3) is 5.91 Å². The van der Waals surface area contributed by atoms with Crippen molar-refractivity contribution in [1.82, 2.24) is 0 Å². The zero-order valence-corrected chi connectivity index (χ0v) is 15.1. The summed E-state index contributed by atoms with van der Waals surface area (Å²) in [6, 6.07) is 14.0. The molecule has 0 unspecified atom stereocenters. The molecule has 0 bridgehead atoms. The number of para-hydroxylation sites is 1. The van der Waals surface area contributed by atoms with E-state index < -0.39 is 11.9 Å². The van der Waals surface area contributed by atoms with Crippen LogP contribution in [0.2, 0.25) is 0 Å². The largest absolute Gasteiger partial charge is 0.493 e. The molecular formula is C20H18N2O5. The number of methoxy groups -OCH3 is 3. The van der Waals surface area contributed by atoms with Crippen molar-refractivity contribution < 1.29 is 23.8 Å². The maximum absolute atomic E-state index is 12.9. The molecule has 0 saturated carbocycles. The summed E-state index contributed by atoms with van der Waals surface area (Å²) in [5.41, 5.74) is 1.29. The molecule has 1 aliphatic rings. The number of amides is 1. The highest BCUT2D eigenvalue weighted by Gasteiger charge is 2.35. The van der Waals surface area contributed by atoms with Gasteiger partial charge in [-0.05, 0) is 35.9 Å². The van der Waals surface area contributed by atoms with Gasteiger partial charge in [-0.1, -0.05) is 24.3 Å². The Kier molecular flexibility index (Phi) is 5.21. The van der Waals surface area contributed by atoms with Gasteiger partial charge in [-0.15, -0.1) is 0 Å². The average molecular weight is 366 g/mol. The van der Waals surface area contributed by atoms with E-state index in [1.807, 2.05) is 6.07 Å². The quantitative estimate of drug-likeness (QED) is 0.601. The van der Waals surface area contributed by atoms with Crippen LogP contribution in [0.1, 0.15) is 5.56 Å². The SMILES string of the molecule is COC(=O)C1=NN(c2ccccc2)C(=O)/C1=C\c1ccc(OC)c(OC)c1. The summed E-state index contributed by atoms with van der Waals surface area (Å²) >= 11 is 0. The molecule has 0 atom stereocenters. The van der Waals surface area contributed by atoms with Crippen LogP contribution in [0.15, 0.2) is 59.2 Å². The van der Waals surface area contributed by atoms with Gasteiger partial charge in [-0.2, -0.15) is 10.1 Å². The summed E-state index contributed by atoms with van der Waals surface area (Å²) in [5, 5.41) is 5.35. The van der Waals surface area contributed by atoms with Crippen LogP contribution in [0.3, 0.4) is 0 Å². The Morgan fingerprint density at radius 1 is 1.00 bits per heavy atom. The molecule has 0 fully saturated rings. The van der Waals surface area contributed by atoms with Crippen molar-refractivity contribution in [3.63, 3.8) is 0 Å². The smallest absolute Gasteiger partial charge is 0.359 e. The number of rotatable bonds is 5. The minimum Gasteiger partial charge on any atom is -0.493 e. The average Bonchev–Trinajstić information content (AvgIpc) is 3.04. The van der Waals surface area contributed by atoms with Gasteiger partial charge >= 0.3 is 5.97 Å². The van der Waals surface area contributed by atoms with Gasteiger partial charge in [0.2, 0.25) is 0 Å². The number of nitrogens with zero attached hydrogens (tertiary/aromatic N) is 2. The van der Waals surface area contributed by atoms with Gasteiger partial charge in [0.1, 0.15) is 0 Å². The fraction of sp³-hybridized carbons (Fsp3) is 0.150. The van der Waals surface area contributed by atoms with E-state index in [1.165, 1.54) is 26.3 Å². The van der Waals surface area contributed by atoms with Gasteiger partial charge in [0, 0.05) is 0 Å². The molecule has 27 heavy (non-hydrogen) atoms. The van der Waals surface area contributed by atoms with Crippen molar-refractivity contribution in [3.8, 4) is 11.5 Å². The lowest BCUT2D eigenvalue weighted by Crippen LogP contribution is -2.22. The fourth-order valence-corrected chi connectivity index (χ4v) is 2.65. The Bertz CT molecular complexity index is 935. The first-order chi connectivity index (χ1) is 13.1. The van der Waals surface area contributed by atoms with E-state index >= 15 is 0 Å². The molecule has 0 saturated heterocycles. The minimum absolute atomic E-state index is 0.0545. The van der Waals surface area contributed by atoms with Gasteiger partial charge < -0.3 is 14.2 Å². The number of benzene rings is 2. The van der Waals surface area contributed by atoms with E-state index in [-0.39, 0.29) is 11.3 Å². The van der Waals surface area contributed by atoms with E-state index in [0.29, 0.717) is 22.7 Å². The molecule has 1 aliphatic heterocycles. The van der Waals surface area contributed by atoms with Crippen molar-refractivity contribution in [2.75, 3.05) is 26.3 Å². The van der Waals surface area contributed by atoms with Gasteiger partial charge in [-0.25, -0.2) is 4.79 Å². The van der Waals surface area contributed by atoms with Crippen molar-refractivity contribution in [1.29, 1.82) is 0 Å². The topological polar surface area (TPSA) is 77.4 Å². The van der Waals surface area contributed by atoms with Crippen molar-refractivity contribution in [3.05, 3.63) is 59.7 Å². The normalized spacial score (nSPS) is 14.9. The molecule has 1 heterocycles. The molecule has 0 aromatic heterocycles. The first kappa shape index (κ1) is 18.2. The zero-order valence-electron chi connectivity index (χ0n) is 15.1. The maximum Gasteiger partial charge on any atom is 0.359 e. The Morgan fingerprint density at radius 2 is 1.70 bits per heavy atom. The van der Waals surface area contributed by atoms with Crippen LogP contribution in [-0.4, -0.2) is 38.9 Å². The molecule has 7 heteroatoms. The van der Waals surface area contributed by atoms with Crippen LogP contribution in [0, 0.1) is 0 Å². The molecule has 3 rings (SSSR count). The maximum atomic E-state index is 12.9. The number of hydrogen-bond acceptors (Lipinski definition) is 6. The molecule has 2 aromatic rings. The number of hydrazone groups is 1. The van der Waals surface area contributed by atoms with E-state index in [1.54, 1.807) is 48.5 Å². The highest BCUT2D eigenvalue weighted by Crippen LogP contribution is 2.30. The lowest BCUT2D eigenvalue weighted by molar-refractivity contribution is -0.132. The number of hydrogen-bond donors (Lipinski definition) is 0. The molecular weight excluding hydrogens is 348 g/mol. The zero-order chi connectivity index (χ0) is 19.4. The Morgan fingerprint density at radius 3 is 2.33 bits per heavy atom. The predicted octanol–water partition coefficient (Wildman–Crippen LogP) is 2.66. The third-order valence-electron chi connectivity index (χ3n) is 3.98. The molecule has 0 N–H and O–H groups in total. The third kappa shape index (κ3) is 3.52. The summed E-state index contributed by atoms with van der Waals surface area (Å²) in [5.74, 6) is -0.0381. The minimum atomic E-state index is -0.687. The highest BCUT2D eigenvalue weighted by atomic mass is 16.5. The van der Waals surface area contributed by atoms with Gasteiger partial charge in [-0.3, -0.25) is 4.79 Å². The number of esters is 1. The second-order valence-electron chi connectivity index (χ2n) is 5.57. The van der Waals surface area contributed by atoms with Crippen molar-refractivity contribution in [2.24, 2.45) is 5.10 Å². The second-order valence-corrected chi connectivity index (χ2v) is 5.57. The van der Waals surface area contributed by atoms with Gasteiger partial charge in [0.15, 0.2) is 17.2 Å². The van der Waals surface area contributed by atoms with Crippen molar-refractivity contribution in [2.45, 2.75) is 0 Å². The first-order valence-corrected chi connectivity index (χ1v) is 8.09. The van der Waals surface area contributed by atoms with E-state index in [0.717, 1.165) is 0 Å². The molecule has 2 aromatic carbocycles. The van der Waals surface area contributed by atoms with Crippen LogP contribution in [-0.2, 0) is 14.3 Å². The standard InChI is InChI=1S/C20H18N2O5/c1-25-16-10-9-13(12-17(16)26-2)11-15-18(20(24)27-3)21-22(19(15)23)14-7-5-4-6-8-14/h4-12H,1-3H3/b15-11-.